The van der Waals surface area contributed by atoms with Crippen molar-refractivity contribution >= 4 is 11.7 Å². The van der Waals surface area contributed by atoms with E-state index >= 15 is 0 Å². The second-order valence-corrected chi connectivity index (χ2v) is 5.57. The van der Waals surface area contributed by atoms with Gasteiger partial charge >= 0.3 is 0 Å². The normalized spacial score (nSPS) is 10.4. The number of anilines is 1. The predicted molar refractivity (Wildman–Crippen MR) is 93.5 cm³/mol. The van der Waals surface area contributed by atoms with Gasteiger partial charge in [-0.1, -0.05) is 29.8 Å². The van der Waals surface area contributed by atoms with Crippen LogP contribution in [0.2, 0.25) is 0 Å². The molecule has 5 nitrogen and oxygen atoms in total. The summed E-state index contributed by atoms with van der Waals surface area (Å²) in [6, 6.07) is 17.0. The molecular formula is C19H19N3O2. The first-order valence-corrected chi connectivity index (χ1v) is 7.68. The largest absolute Gasteiger partial charge is 0.497 e. The number of hydrogen-bond donors (Lipinski definition) is 1. The fourth-order valence-corrected chi connectivity index (χ4v) is 2.44. The summed E-state index contributed by atoms with van der Waals surface area (Å²) in [5, 5.41) is 7.20. The van der Waals surface area contributed by atoms with Gasteiger partial charge in [-0.2, -0.15) is 5.10 Å². The maximum absolute atomic E-state index is 12.2. The molecule has 0 spiro atoms. The van der Waals surface area contributed by atoms with E-state index in [0.717, 1.165) is 0 Å². The number of aromatic nitrogens is 2. The number of rotatable bonds is 5. The highest BCUT2D eigenvalue weighted by atomic mass is 16.5. The zero-order chi connectivity index (χ0) is 16.9. The van der Waals surface area contributed by atoms with Gasteiger partial charge in [0.05, 0.1) is 13.7 Å². The Morgan fingerprint density at radius 1 is 1.17 bits per heavy atom. The Kier molecular flexibility index (Phi) is 4.61. The van der Waals surface area contributed by atoms with E-state index in [1.807, 2.05) is 12.3 Å². The van der Waals surface area contributed by atoms with Crippen molar-refractivity contribution in [2.75, 3.05) is 12.4 Å². The third kappa shape index (κ3) is 3.81. The predicted octanol–water partition coefficient (Wildman–Crippen LogP) is 3.50. The van der Waals surface area contributed by atoms with Crippen LogP contribution in [0.3, 0.4) is 0 Å². The van der Waals surface area contributed by atoms with Crippen LogP contribution in [0.1, 0.15) is 21.5 Å². The molecule has 2 aromatic carbocycles. The highest BCUT2D eigenvalue weighted by Crippen LogP contribution is 2.13. The summed E-state index contributed by atoms with van der Waals surface area (Å²) >= 11 is 0. The molecule has 0 saturated heterocycles. The summed E-state index contributed by atoms with van der Waals surface area (Å²) in [5.74, 6) is 1.05. The molecule has 0 atom stereocenters. The maximum atomic E-state index is 12.2. The number of methoxy groups -OCH3 is 1. The minimum atomic E-state index is -0.196. The molecule has 0 aliphatic carbocycles. The fourth-order valence-electron chi connectivity index (χ4n) is 2.44. The van der Waals surface area contributed by atoms with Crippen LogP contribution < -0.4 is 10.1 Å². The minimum absolute atomic E-state index is 0.196. The molecule has 0 bridgehead atoms. The van der Waals surface area contributed by atoms with Gasteiger partial charge in [0, 0.05) is 17.8 Å². The molecule has 0 fully saturated rings. The van der Waals surface area contributed by atoms with E-state index in [2.05, 4.69) is 35.5 Å². The molecule has 1 N–H and O–H groups in total. The van der Waals surface area contributed by atoms with E-state index in [-0.39, 0.29) is 5.91 Å². The van der Waals surface area contributed by atoms with Crippen molar-refractivity contribution in [3.05, 3.63) is 77.5 Å². The molecule has 0 radical (unpaired) electrons. The molecule has 0 unspecified atom stereocenters. The molecule has 0 aliphatic rings. The highest BCUT2D eigenvalue weighted by Gasteiger charge is 2.08. The minimum Gasteiger partial charge on any atom is -0.497 e. The molecule has 122 valence electrons. The quantitative estimate of drug-likeness (QED) is 0.782. The van der Waals surface area contributed by atoms with E-state index < -0.39 is 0 Å². The molecular weight excluding hydrogens is 302 g/mol. The van der Waals surface area contributed by atoms with Gasteiger partial charge in [-0.3, -0.25) is 9.48 Å². The SMILES string of the molecule is COc1ccc(C(=O)Nc2ccn(Cc3cccc(C)c3)n2)cc1. The fraction of sp³-hybridized carbons (Fsp3) is 0.158. The van der Waals surface area contributed by atoms with Crippen molar-refractivity contribution in [2.24, 2.45) is 0 Å². The van der Waals surface area contributed by atoms with Crippen LogP contribution in [0.25, 0.3) is 0 Å². The lowest BCUT2D eigenvalue weighted by atomic mass is 10.1. The molecule has 0 saturated carbocycles. The number of amides is 1. The standard InChI is InChI=1S/C19H19N3O2/c1-14-4-3-5-15(12-14)13-22-11-10-18(21-22)20-19(23)16-6-8-17(24-2)9-7-16/h3-12H,13H2,1-2H3,(H,20,21,23). The number of nitrogens with zero attached hydrogens (tertiary/aromatic N) is 2. The van der Waals surface area contributed by atoms with Gasteiger partial charge in [0.15, 0.2) is 5.82 Å². The van der Waals surface area contributed by atoms with Crippen molar-refractivity contribution in [3.63, 3.8) is 0 Å². The monoisotopic (exact) mass is 321 g/mol. The van der Waals surface area contributed by atoms with Gasteiger partial charge in [0.25, 0.3) is 5.91 Å². The first kappa shape index (κ1) is 15.8. The average molecular weight is 321 g/mol. The van der Waals surface area contributed by atoms with E-state index in [1.165, 1.54) is 11.1 Å². The Hall–Kier alpha value is -3.08. The van der Waals surface area contributed by atoms with E-state index in [0.29, 0.717) is 23.7 Å². The zero-order valence-electron chi connectivity index (χ0n) is 13.7. The number of carbonyl (C=O) groups is 1. The van der Waals surface area contributed by atoms with Crippen LogP contribution >= 0.6 is 0 Å². The third-order valence-corrected chi connectivity index (χ3v) is 3.66. The Labute approximate surface area is 140 Å². The maximum Gasteiger partial charge on any atom is 0.256 e. The van der Waals surface area contributed by atoms with Gasteiger partial charge in [-0.05, 0) is 36.8 Å². The van der Waals surface area contributed by atoms with Gasteiger partial charge in [0.1, 0.15) is 5.75 Å². The number of hydrogen-bond acceptors (Lipinski definition) is 3. The average Bonchev–Trinajstić information content (AvgIpc) is 3.02. The van der Waals surface area contributed by atoms with Crippen LogP contribution in [-0.4, -0.2) is 22.8 Å². The molecule has 1 heterocycles. The van der Waals surface area contributed by atoms with Crippen LogP contribution in [-0.2, 0) is 6.54 Å². The molecule has 24 heavy (non-hydrogen) atoms. The number of benzene rings is 2. The zero-order valence-corrected chi connectivity index (χ0v) is 13.7. The summed E-state index contributed by atoms with van der Waals surface area (Å²) in [5.41, 5.74) is 2.95. The molecule has 3 aromatic rings. The first-order valence-electron chi connectivity index (χ1n) is 7.68. The molecule has 5 heteroatoms. The lowest BCUT2D eigenvalue weighted by Crippen LogP contribution is -2.12. The third-order valence-electron chi connectivity index (χ3n) is 3.66. The number of nitrogens with one attached hydrogen (secondary N) is 1. The van der Waals surface area contributed by atoms with Gasteiger partial charge < -0.3 is 10.1 Å². The van der Waals surface area contributed by atoms with Crippen LogP contribution in [0.5, 0.6) is 5.75 Å². The number of carbonyl (C=O) groups excluding carboxylic acids is 1. The van der Waals surface area contributed by atoms with Gasteiger partial charge in [-0.15, -0.1) is 0 Å². The van der Waals surface area contributed by atoms with Crippen molar-refractivity contribution in [1.29, 1.82) is 0 Å². The summed E-state index contributed by atoms with van der Waals surface area (Å²) in [6.07, 6.45) is 1.85. The summed E-state index contributed by atoms with van der Waals surface area (Å²) < 4.78 is 6.89. The Bertz CT molecular complexity index is 838. The van der Waals surface area contributed by atoms with Crippen molar-refractivity contribution in [2.45, 2.75) is 13.5 Å². The highest BCUT2D eigenvalue weighted by molar-refractivity contribution is 6.03. The van der Waals surface area contributed by atoms with Crippen LogP contribution in [0, 0.1) is 6.92 Å². The molecule has 1 amide bonds. The molecule has 1 aromatic heterocycles. The van der Waals surface area contributed by atoms with E-state index in [1.54, 1.807) is 42.1 Å². The molecule has 3 rings (SSSR count). The lowest BCUT2D eigenvalue weighted by molar-refractivity contribution is 0.102. The van der Waals surface area contributed by atoms with E-state index in [4.69, 9.17) is 4.74 Å². The van der Waals surface area contributed by atoms with Crippen molar-refractivity contribution < 1.29 is 9.53 Å². The molecule has 0 aliphatic heterocycles. The van der Waals surface area contributed by atoms with Crippen LogP contribution in [0.4, 0.5) is 5.82 Å². The number of aryl methyl sites for hydroxylation is 1. The summed E-state index contributed by atoms with van der Waals surface area (Å²) in [4.78, 5) is 12.2. The van der Waals surface area contributed by atoms with Gasteiger partial charge in [-0.25, -0.2) is 0 Å². The van der Waals surface area contributed by atoms with Gasteiger partial charge in [0.2, 0.25) is 0 Å². The smallest absolute Gasteiger partial charge is 0.256 e. The second-order valence-electron chi connectivity index (χ2n) is 5.57. The number of ether oxygens (including phenoxy) is 1. The van der Waals surface area contributed by atoms with E-state index in [9.17, 15) is 4.79 Å². The second kappa shape index (κ2) is 7.00. The first-order chi connectivity index (χ1) is 11.6. The Morgan fingerprint density at radius 2 is 1.96 bits per heavy atom. The van der Waals surface area contributed by atoms with Crippen molar-refractivity contribution in [3.8, 4) is 5.75 Å². The summed E-state index contributed by atoms with van der Waals surface area (Å²) in [6.45, 7) is 2.73. The Morgan fingerprint density at radius 3 is 2.67 bits per heavy atom. The Balaban J connectivity index is 1.65. The summed E-state index contributed by atoms with van der Waals surface area (Å²) in [7, 11) is 1.59. The van der Waals surface area contributed by atoms with Crippen LogP contribution in [0.15, 0.2) is 60.8 Å². The lowest BCUT2D eigenvalue weighted by Gasteiger charge is -2.05. The van der Waals surface area contributed by atoms with Crippen molar-refractivity contribution in [1.82, 2.24) is 9.78 Å². The topological polar surface area (TPSA) is 56.1 Å².